The van der Waals surface area contributed by atoms with Crippen LogP contribution in [-0.2, 0) is 11.3 Å². The van der Waals surface area contributed by atoms with Crippen LogP contribution >= 0.6 is 0 Å². The average molecular weight is 347 g/mol. The molecule has 0 aromatic heterocycles. The molecule has 1 aliphatic heterocycles. The van der Waals surface area contributed by atoms with Crippen molar-refractivity contribution in [2.45, 2.75) is 31.7 Å². The van der Waals surface area contributed by atoms with E-state index in [4.69, 9.17) is 9.47 Å². The molecule has 1 N–H and O–H groups in total. The highest BCUT2D eigenvalue weighted by Gasteiger charge is 2.41. The minimum atomic E-state index is -4.16. The number of piperidine rings is 1. The van der Waals surface area contributed by atoms with E-state index in [-0.39, 0.29) is 26.1 Å². The molecule has 2 rings (SSSR count). The van der Waals surface area contributed by atoms with E-state index in [2.05, 4.69) is 0 Å². The van der Waals surface area contributed by atoms with Gasteiger partial charge < -0.3 is 19.5 Å². The molecule has 2 atom stereocenters. The fourth-order valence-electron chi connectivity index (χ4n) is 2.91. The molecule has 1 saturated heterocycles. The van der Waals surface area contributed by atoms with Gasteiger partial charge in [-0.15, -0.1) is 0 Å². The molecule has 0 radical (unpaired) electrons. The van der Waals surface area contributed by atoms with E-state index < -0.39 is 18.2 Å². The predicted octanol–water partition coefficient (Wildman–Crippen LogP) is 2.85. The second-order valence-corrected chi connectivity index (χ2v) is 6.16. The van der Waals surface area contributed by atoms with Crippen LogP contribution in [0.2, 0.25) is 0 Å². The standard InChI is InChI=1S/C17H24F3NO3/c1-23-16-6-2-4-13(8-16)11-24-12-15(22)10-21-7-3-5-14(9-21)17(18,19)20/h2,4,6,8,14-15,22H,3,5,7,9-12H2,1H3/t14-,15+/m1/s1. The van der Waals surface area contributed by atoms with Crippen molar-refractivity contribution in [3.63, 3.8) is 0 Å². The van der Waals surface area contributed by atoms with E-state index in [1.165, 1.54) is 0 Å². The van der Waals surface area contributed by atoms with Crippen LogP contribution in [-0.4, -0.2) is 55.6 Å². The third-order valence-electron chi connectivity index (χ3n) is 4.15. The smallest absolute Gasteiger partial charge is 0.393 e. The first kappa shape index (κ1) is 19.0. The average Bonchev–Trinajstić information content (AvgIpc) is 2.54. The van der Waals surface area contributed by atoms with Gasteiger partial charge in [-0.05, 0) is 37.1 Å². The van der Waals surface area contributed by atoms with Crippen molar-refractivity contribution in [1.82, 2.24) is 4.90 Å². The Bertz CT molecular complexity index is 510. The second-order valence-electron chi connectivity index (χ2n) is 6.16. The predicted molar refractivity (Wildman–Crippen MR) is 83.9 cm³/mol. The van der Waals surface area contributed by atoms with E-state index in [1.807, 2.05) is 24.3 Å². The zero-order valence-electron chi connectivity index (χ0n) is 13.8. The van der Waals surface area contributed by atoms with Gasteiger partial charge >= 0.3 is 6.18 Å². The fourth-order valence-corrected chi connectivity index (χ4v) is 2.91. The minimum absolute atomic E-state index is 0.0452. The molecule has 0 spiro atoms. The Hall–Kier alpha value is -1.31. The van der Waals surface area contributed by atoms with Gasteiger partial charge in [-0.1, -0.05) is 12.1 Å². The number of methoxy groups -OCH3 is 1. The third-order valence-corrected chi connectivity index (χ3v) is 4.15. The number of nitrogens with zero attached hydrogens (tertiary/aromatic N) is 1. The molecule has 1 aromatic rings. The molecular formula is C17H24F3NO3. The van der Waals surface area contributed by atoms with Crippen molar-refractivity contribution in [2.24, 2.45) is 5.92 Å². The van der Waals surface area contributed by atoms with Gasteiger partial charge in [-0.2, -0.15) is 13.2 Å². The van der Waals surface area contributed by atoms with Crippen LogP contribution in [0, 0.1) is 5.92 Å². The Kier molecular flexibility index (Phi) is 6.89. The van der Waals surface area contributed by atoms with Gasteiger partial charge in [0.1, 0.15) is 5.75 Å². The van der Waals surface area contributed by atoms with Crippen molar-refractivity contribution < 1.29 is 27.8 Å². The molecule has 0 aliphatic carbocycles. The van der Waals surface area contributed by atoms with E-state index in [9.17, 15) is 18.3 Å². The number of aliphatic hydroxyl groups excluding tert-OH is 1. The molecule has 24 heavy (non-hydrogen) atoms. The maximum atomic E-state index is 12.8. The first-order valence-corrected chi connectivity index (χ1v) is 8.06. The molecule has 1 heterocycles. The van der Waals surface area contributed by atoms with Crippen molar-refractivity contribution in [1.29, 1.82) is 0 Å². The first-order chi connectivity index (χ1) is 11.4. The monoisotopic (exact) mass is 347 g/mol. The molecule has 4 nitrogen and oxygen atoms in total. The third kappa shape index (κ3) is 5.96. The summed E-state index contributed by atoms with van der Waals surface area (Å²) in [6.45, 7) is 1.14. The highest BCUT2D eigenvalue weighted by atomic mass is 19.4. The second kappa shape index (κ2) is 8.69. The largest absolute Gasteiger partial charge is 0.497 e. The molecule has 1 aromatic carbocycles. The summed E-state index contributed by atoms with van der Waals surface area (Å²) in [5.74, 6) is -0.570. The number of alkyl halides is 3. The molecule has 0 bridgehead atoms. The number of rotatable bonds is 7. The van der Waals surface area contributed by atoms with Crippen LogP contribution in [0.3, 0.4) is 0 Å². The topological polar surface area (TPSA) is 41.9 Å². The number of aliphatic hydroxyl groups is 1. The van der Waals surface area contributed by atoms with Crippen LogP contribution in [0.5, 0.6) is 5.75 Å². The van der Waals surface area contributed by atoms with Crippen LogP contribution in [0.25, 0.3) is 0 Å². The molecule has 136 valence electrons. The Labute approximate surface area is 140 Å². The van der Waals surface area contributed by atoms with E-state index in [1.54, 1.807) is 12.0 Å². The Morgan fingerprint density at radius 1 is 1.38 bits per heavy atom. The van der Waals surface area contributed by atoms with E-state index >= 15 is 0 Å². The lowest BCUT2D eigenvalue weighted by atomic mass is 9.97. The molecule has 0 amide bonds. The zero-order valence-corrected chi connectivity index (χ0v) is 13.8. The lowest BCUT2D eigenvalue weighted by Crippen LogP contribution is -2.45. The summed E-state index contributed by atoms with van der Waals surface area (Å²) < 4.78 is 48.9. The summed E-state index contributed by atoms with van der Waals surface area (Å²) in [6.07, 6.45) is -4.29. The Morgan fingerprint density at radius 2 is 2.17 bits per heavy atom. The molecular weight excluding hydrogens is 323 g/mol. The van der Waals surface area contributed by atoms with Crippen molar-refractivity contribution in [3.05, 3.63) is 29.8 Å². The number of likely N-dealkylation sites (tertiary alicyclic amines) is 1. The summed E-state index contributed by atoms with van der Waals surface area (Å²) in [5, 5.41) is 10.00. The van der Waals surface area contributed by atoms with Gasteiger partial charge in [0.2, 0.25) is 0 Å². The molecule has 1 aliphatic rings. The normalized spacial score (nSPS) is 20.8. The van der Waals surface area contributed by atoms with Crippen LogP contribution in [0.1, 0.15) is 18.4 Å². The number of hydrogen-bond donors (Lipinski definition) is 1. The highest BCUT2D eigenvalue weighted by molar-refractivity contribution is 5.27. The van der Waals surface area contributed by atoms with E-state index in [0.717, 1.165) is 11.3 Å². The molecule has 1 fully saturated rings. The zero-order chi connectivity index (χ0) is 17.6. The maximum absolute atomic E-state index is 12.8. The summed E-state index contributed by atoms with van der Waals surface area (Å²) in [4.78, 5) is 1.67. The fraction of sp³-hybridized carbons (Fsp3) is 0.647. The number of β-amino-alcohol motifs (C(OH)–C–C–N with tert-alkyl or cyclic N) is 1. The molecule has 0 saturated carbocycles. The summed E-state index contributed by atoms with van der Waals surface area (Å²) in [7, 11) is 1.58. The van der Waals surface area contributed by atoms with Gasteiger partial charge in [0.25, 0.3) is 0 Å². The molecule has 7 heteroatoms. The van der Waals surface area contributed by atoms with Gasteiger partial charge in [0, 0.05) is 13.1 Å². The SMILES string of the molecule is COc1cccc(COC[C@@H](O)CN2CCC[C@@H](C(F)(F)F)C2)c1. The lowest BCUT2D eigenvalue weighted by Gasteiger charge is -2.34. The number of ether oxygens (including phenoxy) is 2. The van der Waals surface area contributed by atoms with Crippen LogP contribution < -0.4 is 4.74 Å². The van der Waals surface area contributed by atoms with Gasteiger partial charge in [0.05, 0.1) is 32.3 Å². The number of benzene rings is 1. The number of hydrogen-bond acceptors (Lipinski definition) is 4. The lowest BCUT2D eigenvalue weighted by molar-refractivity contribution is -0.187. The summed E-state index contributed by atoms with van der Waals surface area (Å²) >= 11 is 0. The van der Waals surface area contributed by atoms with E-state index in [0.29, 0.717) is 19.6 Å². The Balaban J connectivity index is 1.72. The van der Waals surface area contributed by atoms with Crippen molar-refractivity contribution in [2.75, 3.05) is 33.4 Å². The highest BCUT2D eigenvalue weighted by Crippen LogP contribution is 2.33. The van der Waals surface area contributed by atoms with Gasteiger partial charge in [-0.3, -0.25) is 0 Å². The first-order valence-electron chi connectivity index (χ1n) is 8.06. The van der Waals surface area contributed by atoms with Crippen molar-refractivity contribution >= 4 is 0 Å². The van der Waals surface area contributed by atoms with Crippen LogP contribution in [0.4, 0.5) is 13.2 Å². The number of halogens is 3. The van der Waals surface area contributed by atoms with Crippen LogP contribution in [0.15, 0.2) is 24.3 Å². The van der Waals surface area contributed by atoms with Crippen molar-refractivity contribution in [3.8, 4) is 5.75 Å². The minimum Gasteiger partial charge on any atom is -0.497 e. The Morgan fingerprint density at radius 3 is 2.88 bits per heavy atom. The summed E-state index contributed by atoms with van der Waals surface area (Å²) in [5.41, 5.74) is 0.914. The van der Waals surface area contributed by atoms with Gasteiger partial charge in [-0.25, -0.2) is 0 Å². The maximum Gasteiger partial charge on any atom is 0.393 e. The summed E-state index contributed by atoms with van der Waals surface area (Å²) in [6, 6.07) is 7.39. The molecule has 0 unspecified atom stereocenters. The van der Waals surface area contributed by atoms with Gasteiger partial charge in [0.15, 0.2) is 0 Å². The quantitative estimate of drug-likeness (QED) is 0.824.